The molecular formula is C22H22N4O. The number of benzene rings is 2. The Hall–Kier alpha value is -3.21. The molecule has 2 aromatic carbocycles. The predicted octanol–water partition coefficient (Wildman–Crippen LogP) is 4.43. The van der Waals surface area contributed by atoms with Gasteiger partial charge in [-0.1, -0.05) is 35.9 Å². The van der Waals surface area contributed by atoms with Gasteiger partial charge in [-0.3, -0.25) is 4.79 Å². The number of nitrogens with zero attached hydrogens (tertiary/aromatic N) is 3. The number of anilines is 2. The lowest BCUT2D eigenvalue weighted by Crippen LogP contribution is -2.27. The van der Waals surface area contributed by atoms with Crippen molar-refractivity contribution in [3.05, 3.63) is 72.1 Å². The number of carbonyl (C=O) groups is 1. The van der Waals surface area contributed by atoms with Gasteiger partial charge in [0, 0.05) is 36.0 Å². The third-order valence-electron chi connectivity index (χ3n) is 4.79. The fraction of sp³-hybridized carbons (Fsp3) is 0.227. The van der Waals surface area contributed by atoms with Crippen LogP contribution in [0, 0.1) is 6.92 Å². The molecule has 1 aliphatic heterocycles. The Morgan fingerprint density at radius 1 is 1.00 bits per heavy atom. The van der Waals surface area contributed by atoms with Crippen molar-refractivity contribution in [3.63, 3.8) is 0 Å². The maximum absolute atomic E-state index is 12.6. The van der Waals surface area contributed by atoms with Crippen LogP contribution >= 0.6 is 0 Å². The molecule has 27 heavy (non-hydrogen) atoms. The van der Waals surface area contributed by atoms with Crippen molar-refractivity contribution in [2.24, 2.45) is 0 Å². The normalized spacial score (nSPS) is 13.6. The molecule has 0 saturated carbocycles. The molecule has 0 aliphatic carbocycles. The highest BCUT2D eigenvalue weighted by Crippen LogP contribution is 2.22. The Morgan fingerprint density at radius 3 is 2.56 bits per heavy atom. The minimum absolute atomic E-state index is 0.0965. The molecule has 136 valence electrons. The largest absolute Gasteiger partial charge is 0.340 e. The van der Waals surface area contributed by atoms with Crippen molar-refractivity contribution >= 4 is 17.4 Å². The maximum atomic E-state index is 12.6. The van der Waals surface area contributed by atoms with E-state index in [1.807, 2.05) is 35.2 Å². The first-order valence-electron chi connectivity index (χ1n) is 9.24. The van der Waals surface area contributed by atoms with Crippen LogP contribution in [0.2, 0.25) is 0 Å². The zero-order chi connectivity index (χ0) is 18.6. The van der Waals surface area contributed by atoms with E-state index in [9.17, 15) is 4.79 Å². The summed E-state index contributed by atoms with van der Waals surface area (Å²) in [7, 11) is 0. The molecule has 2 heterocycles. The second-order valence-corrected chi connectivity index (χ2v) is 6.86. The van der Waals surface area contributed by atoms with Gasteiger partial charge in [-0.05, 0) is 38.0 Å². The lowest BCUT2D eigenvalue weighted by Gasteiger charge is -2.16. The van der Waals surface area contributed by atoms with Gasteiger partial charge in [-0.15, -0.1) is 0 Å². The summed E-state index contributed by atoms with van der Waals surface area (Å²) in [6, 6.07) is 17.7. The van der Waals surface area contributed by atoms with Crippen LogP contribution in [0.5, 0.6) is 0 Å². The molecule has 1 amide bonds. The first-order chi connectivity index (χ1) is 13.2. The number of hydrogen-bond donors (Lipinski definition) is 1. The summed E-state index contributed by atoms with van der Waals surface area (Å²) in [5.74, 6) is 0.797. The van der Waals surface area contributed by atoms with Crippen molar-refractivity contribution in [2.45, 2.75) is 19.8 Å². The molecule has 3 aromatic rings. The number of rotatable bonds is 4. The third kappa shape index (κ3) is 3.97. The Balaban J connectivity index is 1.54. The lowest BCUT2D eigenvalue weighted by molar-refractivity contribution is 0.0793. The molecule has 1 N–H and O–H groups in total. The molecule has 0 radical (unpaired) electrons. The van der Waals surface area contributed by atoms with Gasteiger partial charge >= 0.3 is 0 Å². The highest BCUT2D eigenvalue weighted by molar-refractivity contribution is 5.95. The molecule has 1 saturated heterocycles. The zero-order valence-corrected chi connectivity index (χ0v) is 15.4. The Kier molecular flexibility index (Phi) is 4.83. The predicted molar refractivity (Wildman–Crippen MR) is 107 cm³/mol. The van der Waals surface area contributed by atoms with Crippen LogP contribution in [-0.4, -0.2) is 33.9 Å². The standard InChI is InChI=1S/C22H22N4O/c1-16-7-9-17(10-8-16)20-14-21(24-15-23-20)25-19-6-4-5-18(13-19)22(27)26-11-2-3-12-26/h4-10,13-15H,2-3,11-12H2,1H3,(H,23,24,25). The van der Waals surface area contributed by atoms with Gasteiger partial charge in [-0.25, -0.2) is 9.97 Å². The molecule has 1 fully saturated rings. The maximum Gasteiger partial charge on any atom is 0.253 e. The molecular weight excluding hydrogens is 336 g/mol. The van der Waals surface area contributed by atoms with E-state index in [1.165, 1.54) is 5.56 Å². The van der Waals surface area contributed by atoms with Crippen LogP contribution in [-0.2, 0) is 0 Å². The van der Waals surface area contributed by atoms with E-state index in [1.54, 1.807) is 6.33 Å². The Labute approximate surface area is 159 Å². The van der Waals surface area contributed by atoms with Crippen LogP contribution in [0.25, 0.3) is 11.3 Å². The number of carbonyl (C=O) groups excluding carboxylic acids is 1. The van der Waals surface area contributed by atoms with Crippen LogP contribution in [0.15, 0.2) is 60.9 Å². The summed E-state index contributed by atoms with van der Waals surface area (Å²) in [6.45, 7) is 3.76. The summed E-state index contributed by atoms with van der Waals surface area (Å²) in [4.78, 5) is 23.2. The minimum atomic E-state index is 0.0965. The van der Waals surface area contributed by atoms with Gasteiger partial charge < -0.3 is 10.2 Å². The molecule has 0 atom stereocenters. The highest BCUT2D eigenvalue weighted by atomic mass is 16.2. The van der Waals surface area contributed by atoms with Crippen molar-refractivity contribution in [1.29, 1.82) is 0 Å². The number of amides is 1. The highest BCUT2D eigenvalue weighted by Gasteiger charge is 2.19. The van der Waals surface area contributed by atoms with Crippen LogP contribution in [0.4, 0.5) is 11.5 Å². The first-order valence-corrected chi connectivity index (χ1v) is 9.24. The van der Waals surface area contributed by atoms with E-state index in [0.29, 0.717) is 11.4 Å². The van der Waals surface area contributed by atoms with Gasteiger partial charge in [-0.2, -0.15) is 0 Å². The van der Waals surface area contributed by atoms with Crippen LogP contribution in [0.3, 0.4) is 0 Å². The topological polar surface area (TPSA) is 58.1 Å². The second-order valence-electron chi connectivity index (χ2n) is 6.86. The quantitative estimate of drug-likeness (QED) is 0.749. The molecule has 4 rings (SSSR count). The average molecular weight is 358 g/mol. The van der Waals surface area contributed by atoms with Crippen LogP contribution in [0.1, 0.15) is 28.8 Å². The van der Waals surface area contributed by atoms with Crippen molar-refractivity contribution in [1.82, 2.24) is 14.9 Å². The molecule has 0 bridgehead atoms. The minimum Gasteiger partial charge on any atom is -0.340 e. The van der Waals surface area contributed by atoms with E-state index >= 15 is 0 Å². The summed E-state index contributed by atoms with van der Waals surface area (Å²) < 4.78 is 0. The van der Waals surface area contributed by atoms with Crippen LogP contribution < -0.4 is 5.32 Å². The molecule has 0 spiro atoms. The van der Waals surface area contributed by atoms with E-state index < -0.39 is 0 Å². The molecule has 5 heteroatoms. The van der Waals surface area contributed by atoms with Gasteiger partial charge in [0.2, 0.25) is 0 Å². The first kappa shape index (κ1) is 17.2. The van der Waals surface area contributed by atoms with Gasteiger partial charge in [0.15, 0.2) is 0 Å². The van der Waals surface area contributed by atoms with E-state index in [-0.39, 0.29) is 5.91 Å². The third-order valence-corrected chi connectivity index (χ3v) is 4.79. The van der Waals surface area contributed by atoms with Crippen molar-refractivity contribution in [3.8, 4) is 11.3 Å². The Bertz CT molecular complexity index is 947. The number of aryl methyl sites for hydroxylation is 1. The smallest absolute Gasteiger partial charge is 0.253 e. The van der Waals surface area contributed by atoms with E-state index in [4.69, 9.17) is 0 Å². The fourth-order valence-corrected chi connectivity index (χ4v) is 3.29. The molecule has 1 aliphatic rings. The number of hydrogen-bond acceptors (Lipinski definition) is 4. The Morgan fingerprint density at radius 2 is 1.78 bits per heavy atom. The molecule has 1 aromatic heterocycles. The lowest BCUT2D eigenvalue weighted by atomic mass is 10.1. The summed E-state index contributed by atoms with van der Waals surface area (Å²) in [5.41, 5.74) is 4.66. The van der Waals surface area contributed by atoms with E-state index in [2.05, 4.69) is 46.5 Å². The van der Waals surface area contributed by atoms with Crippen molar-refractivity contribution in [2.75, 3.05) is 18.4 Å². The van der Waals surface area contributed by atoms with Gasteiger partial charge in [0.05, 0.1) is 5.69 Å². The summed E-state index contributed by atoms with van der Waals surface area (Å²) in [6.07, 6.45) is 3.73. The van der Waals surface area contributed by atoms with E-state index in [0.717, 1.165) is 42.9 Å². The summed E-state index contributed by atoms with van der Waals surface area (Å²) >= 11 is 0. The van der Waals surface area contributed by atoms with Gasteiger partial charge in [0.1, 0.15) is 12.1 Å². The molecule has 0 unspecified atom stereocenters. The monoisotopic (exact) mass is 358 g/mol. The second kappa shape index (κ2) is 7.58. The number of likely N-dealkylation sites (tertiary alicyclic amines) is 1. The average Bonchev–Trinajstić information content (AvgIpc) is 3.23. The zero-order valence-electron chi connectivity index (χ0n) is 15.4. The molecule has 5 nitrogen and oxygen atoms in total. The summed E-state index contributed by atoms with van der Waals surface area (Å²) in [5, 5.41) is 3.29. The number of aromatic nitrogens is 2. The number of nitrogens with one attached hydrogen (secondary N) is 1. The van der Waals surface area contributed by atoms with Crippen molar-refractivity contribution < 1.29 is 4.79 Å². The SMILES string of the molecule is Cc1ccc(-c2cc(Nc3cccc(C(=O)N4CCCC4)c3)ncn2)cc1. The fourth-order valence-electron chi connectivity index (χ4n) is 3.29. The van der Waals surface area contributed by atoms with Gasteiger partial charge in [0.25, 0.3) is 5.91 Å².